The van der Waals surface area contributed by atoms with Crippen LogP contribution in [0.1, 0.15) is 63.5 Å². The number of piperidine rings is 2. The van der Waals surface area contributed by atoms with E-state index in [2.05, 4.69) is 26.3 Å². The number of benzene rings is 1. The fraction of sp³-hybridized carbons (Fsp3) is 0.571. The maximum atomic E-state index is 14.9. The molecule has 1 aromatic carbocycles. The Hall–Kier alpha value is -2.34. The van der Waals surface area contributed by atoms with Gasteiger partial charge < -0.3 is 9.80 Å². The van der Waals surface area contributed by atoms with Gasteiger partial charge in [-0.3, -0.25) is 0 Å². The van der Waals surface area contributed by atoms with Crippen LogP contribution in [0.2, 0.25) is 0 Å². The number of rotatable bonds is 8. The lowest BCUT2D eigenvalue weighted by atomic mass is 9.90. The third-order valence-corrected chi connectivity index (χ3v) is 7.13. The van der Waals surface area contributed by atoms with E-state index in [0.29, 0.717) is 29.4 Å². The van der Waals surface area contributed by atoms with Crippen LogP contribution in [0, 0.1) is 11.7 Å². The van der Waals surface area contributed by atoms with Gasteiger partial charge in [-0.1, -0.05) is 12.6 Å². The molecule has 2 aliphatic heterocycles. The van der Waals surface area contributed by atoms with Gasteiger partial charge in [0.25, 0.3) is 0 Å². The molecule has 3 heterocycles. The van der Waals surface area contributed by atoms with Crippen molar-refractivity contribution in [2.45, 2.75) is 64.5 Å². The summed E-state index contributed by atoms with van der Waals surface area (Å²) in [4.78, 5) is 13.4. The molecule has 1 aromatic heterocycles. The molecule has 0 amide bonds. The number of nitrogens with zero attached hydrogens (tertiary/aromatic N) is 4. The maximum absolute atomic E-state index is 14.9. The zero-order chi connectivity index (χ0) is 24.1. The van der Waals surface area contributed by atoms with Crippen LogP contribution in [0.15, 0.2) is 37.2 Å². The smallest absolute Gasteiger partial charge is 0.159 e. The first-order valence-electron chi connectivity index (χ1n) is 12.7. The van der Waals surface area contributed by atoms with Crippen molar-refractivity contribution in [3.8, 4) is 11.4 Å². The predicted octanol–water partition coefficient (Wildman–Crippen LogP) is 6.13. The normalized spacial score (nSPS) is 18.3. The summed E-state index contributed by atoms with van der Waals surface area (Å²) in [5.41, 5.74) is 1.98. The lowest BCUT2D eigenvalue weighted by molar-refractivity contribution is 0.0943. The molecule has 184 valence electrons. The topological polar surface area (TPSA) is 32.3 Å². The molecule has 0 radical (unpaired) electrons. The number of aromatic nitrogens is 2. The van der Waals surface area contributed by atoms with Gasteiger partial charge in [0.05, 0.1) is 0 Å². The number of hydrogen-bond acceptors (Lipinski definition) is 4. The SMILES string of the molecule is C=C(c1ccc(-c2ncc(CCC3CCN(CC(C)(C)F)CC3)cn2)cc1F)N1CCCCC1. The molecule has 0 N–H and O–H groups in total. The van der Waals surface area contributed by atoms with Gasteiger partial charge in [0.2, 0.25) is 0 Å². The second-order valence-electron chi connectivity index (χ2n) is 10.6. The van der Waals surface area contributed by atoms with E-state index in [1.807, 2.05) is 18.5 Å². The van der Waals surface area contributed by atoms with Crippen LogP contribution in [0.25, 0.3) is 17.1 Å². The van der Waals surface area contributed by atoms with E-state index in [1.165, 1.54) is 12.5 Å². The second kappa shape index (κ2) is 10.9. The highest BCUT2D eigenvalue weighted by Crippen LogP contribution is 2.28. The first-order valence-corrected chi connectivity index (χ1v) is 12.7. The third-order valence-electron chi connectivity index (χ3n) is 7.13. The molecule has 6 heteroatoms. The summed E-state index contributed by atoms with van der Waals surface area (Å²) in [6.07, 6.45) is 11.5. The van der Waals surface area contributed by atoms with Gasteiger partial charge in [-0.15, -0.1) is 0 Å². The monoisotopic (exact) mass is 468 g/mol. The van der Waals surface area contributed by atoms with E-state index in [4.69, 9.17) is 0 Å². The zero-order valence-corrected chi connectivity index (χ0v) is 20.7. The first kappa shape index (κ1) is 24.8. The van der Waals surface area contributed by atoms with Crippen LogP contribution in [0.5, 0.6) is 0 Å². The van der Waals surface area contributed by atoms with E-state index in [9.17, 15) is 8.78 Å². The molecular formula is C28H38F2N4. The van der Waals surface area contributed by atoms with E-state index >= 15 is 0 Å². The summed E-state index contributed by atoms with van der Waals surface area (Å²) in [6.45, 7) is 11.8. The van der Waals surface area contributed by atoms with Gasteiger partial charge in [-0.05, 0) is 95.5 Å². The minimum absolute atomic E-state index is 0.275. The molecule has 2 saturated heterocycles. The second-order valence-corrected chi connectivity index (χ2v) is 10.6. The molecule has 0 aliphatic carbocycles. The quantitative estimate of drug-likeness (QED) is 0.466. The number of halogens is 2. The van der Waals surface area contributed by atoms with Gasteiger partial charge >= 0.3 is 0 Å². The third kappa shape index (κ3) is 6.62. The van der Waals surface area contributed by atoms with Crippen molar-refractivity contribution in [3.63, 3.8) is 0 Å². The number of alkyl halides is 1. The Morgan fingerprint density at radius 2 is 1.74 bits per heavy atom. The summed E-state index contributed by atoms with van der Waals surface area (Å²) in [5, 5.41) is 0. The summed E-state index contributed by atoms with van der Waals surface area (Å²) in [6, 6.07) is 5.20. The Bertz CT molecular complexity index is 953. The number of likely N-dealkylation sites (tertiary alicyclic amines) is 2. The van der Waals surface area contributed by atoms with Gasteiger partial charge in [0.1, 0.15) is 11.5 Å². The molecule has 4 nitrogen and oxygen atoms in total. The van der Waals surface area contributed by atoms with Crippen molar-refractivity contribution in [2.24, 2.45) is 5.92 Å². The van der Waals surface area contributed by atoms with Gasteiger partial charge in [-0.25, -0.2) is 18.7 Å². The van der Waals surface area contributed by atoms with E-state index in [-0.39, 0.29) is 5.82 Å². The van der Waals surface area contributed by atoms with Crippen molar-refractivity contribution in [1.82, 2.24) is 19.8 Å². The van der Waals surface area contributed by atoms with Crippen molar-refractivity contribution < 1.29 is 8.78 Å². The van der Waals surface area contributed by atoms with Crippen LogP contribution in [0.4, 0.5) is 8.78 Å². The lowest BCUT2D eigenvalue weighted by Crippen LogP contribution is -2.41. The summed E-state index contributed by atoms with van der Waals surface area (Å²) in [7, 11) is 0. The average molecular weight is 469 g/mol. The van der Waals surface area contributed by atoms with Crippen LogP contribution in [-0.4, -0.2) is 58.2 Å². The van der Waals surface area contributed by atoms with Crippen molar-refractivity contribution in [3.05, 3.63) is 54.1 Å². The molecule has 0 spiro atoms. The highest BCUT2D eigenvalue weighted by atomic mass is 19.1. The van der Waals surface area contributed by atoms with Crippen molar-refractivity contribution in [1.29, 1.82) is 0 Å². The fourth-order valence-electron chi connectivity index (χ4n) is 5.19. The largest absolute Gasteiger partial charge is 0.371 e. The first-order chi connectivity index (χ1) is 16.3. The molecule has 34 heavy (non-hydrogen) atoms. The summed E-state index contributed by atoms with van der Waals surface area (Å²) in [5.74, 6) is 0.927. The van der Waals surface area contributed by atoms with Crippen molar-refractivity contribution in [2.75, 3.05) is 32.7 Å². The number of hydrogen-bond donors (Lipinski definition) is 0. The Morgan fingerprint density at radius 3 is 2.35 bits per heavy atom. The molecule has 0 bridgehead atoms. The molecule has 2 aromatic rings. The van der Waals surface area contributed by atoms with Crippen LogP contribution in [0.3, 0.4) is 0 Å². The highest BCUT2D eigenvalue weighted by molar-refractivity contribution is 5.66. The van der Waals surface area contributed by atoms with E-state index < -0.39 is 5.67 Å². The average Bonchev–Trinajstić information content (AvgIpc) is 2.83. The highest BCUT2D eigenvalue weighted by Gasteiger charge is 2.25. The number of aryl methyl sites for hydroxylation is 1. The molecule has 2 fully saturated rings. The molecular weight excluding hydrogens is 430 g/mol. The van der Waals surface area contributed by atoms with Crippen LogP contribution >= 0.6 is 0 Å². The fourth-order valence-corrected chi connectivity index (χ4v) is 5.19. The minimum atomic E-state index is -1.13. The predicted molar refractivity (Wildman–Crippen MR) is 135 cm³/mol. The minimum Gasteiger partial charge on any atom is -0.371 e. The van der Waals surface area contributed by atoms with Gasteiger partial charge in [-0.2, -0.15) is 0 Å². The molecule has 0 unspecified atom stereocenters. The van der Waals surface area contributed by atoms with Crippen LogP contribution in [-0.2, 0) is 6.42 Å². The lowest BCUT2D eigenvalue weighted by Gasteiger charge is -2.34. The molecule has 0 atom stereocenters. The molecule has 2 aliphatic rings. The summed E-state index contributed by atoms with van der Waals surface area (Å²) >= 11 is 0. The Balaban J connectivity index is 1.30. The van der Waals surface area contributed by atoms with E-state index in [1.54, 1.807) is 19.9 Å². The van der Waals surface area contributed by atoms with Crippen molar-refractivity contribution >= 4 is 5.70 Å². The maximum Gasteiger partial charge on any atom is 0.159 e. The standard InChI is InChI=1S/C28H38F2N4/c1-21(34-13-5-4-6-14-34)25-10-9-24(17-26(25)29)27-31-18-23(19-32-27)8-7-22-11-15-33(16-12-22)20-28(2,3)30/h9-10,17-19,22H,1,4-8,11-16,20H2,2-3H3. The van der Waals surface area contributed by atoms with Crippen LogP contribution < -0.4 is 0 Å². The van der Waals surface area contributed by atoms with E-state index in [0.717, 1.165) is 76.0 Å². The van der Waals surface area contributed by atoms with Gasteiger partial charge in [0.15, 0.2) is 5.82 Å². The zero-order valence-electron chi connectivity index (χ0n) is 20.7. The molecule has 0 saturated carbocycles. The Morgan fingerprint density at radius 1 is 1.06 bits per heavy atom. The Kier molecular flexibility index (Phi) is 7.97. The van der Waals surface area contributed by atoms with Gasteiger partial charge in [0, 0.05) is 48.9 Å². The summed E-state index contributed by atoms with van der Waals surface area (Å²) < 4.78 is 28.8. The molecule has 4 rings (SSSR count). The Labute approximate surface area is 203 Å².